The van der Waals surface area contributed by atoms with Crippen LogP contribution in [0.3, 0.4) is 0 Å². The molecule has 1 aromatic heterocycles. The van der Waals surface area contributed by atoms with Gasteiger partial charge < -0.3 is 14.8 Å². The van der Waals surface area contributed by atoms with Crippen LogP contribution < -0.4 is 10.1 Å². The highest BCUT2D eigenvalue weighted by Crippen LogP contribution is 2.49. The van der Waals surface area contributed by atoms with Gasteiger partial charge in [-0.25, -0.2) is 4.98 Å². The fourth-order valence-corrected chi connectivity index (χ4v) is 4.19. The number of rotatable bonds is 5. The third-order valence-corrected chi connectivity index (χ3v) is 5.54. The van der Waals surface area contributed by atoms with Gasteiger partial charge in [0.25, 0.3) is 0 Å². The van der Waals surface area contributed by atoms with Crippen molar-refractivity contribution in [2.45, 2.75) is 44.6 Å². The molecule has 0 spiro atoms. The third-order valence-electron chi connectivity index (χ3n) is 4.35. The molecule has 26 heavy (non-hydrogen) atoms. The van der Waals surface area contributed by atoms with E-state index in [9.17, 15) is 4.79 Å². The molecule has 0 aromatic carbocycles. The molecule has 1 aliphatic heterocycles. The number of carbonyl (C=O) groups excluding carboxylic acids is 1. The van der Waals surface area contributed by atoms with E-state index in [0.717, 1.165) is 39.9 Å². The van der Waals surface area contributed by atoms with Gasteiger partial charge in [-0.05, 0) is 24.7 Å². The minimum Gasteiger partial charge on any atom is -0.479 e. The Bertz CT molecular complexity index is 774. The van der Waals surface area contributed by atoms with Gasteiger partial charge in [0.15, 0.2) is 0 Å². The summed E-state index contributed by atoms with van der Waals surface area (Å²) in [6.07, 6.45) is 4.41. The van der Waals surface area contributed by atoms with Crippen LogP contribution in [0.4, 0.5) is 5.69 Å². The molecule has 0 radical (unpaired) electrons. The molecule has 2 heterocycles. The van der Waals surface area contributed by atoms with Crippen molar-refractivity contribution in [3.8, 4) is 5.88 Å². The van der Waals surface area contributed by atoms with E-state index in [1.54, 1.807) is 18.9 Å². The Labute approximate surface area is 157 Å². The van der Waals surface area contributed by atoms with Crippen LogP contribution in [0.2, 0.25) is 0 Å². The van der Waals surface area contributed by atoms with Crippen LogP contribution in [-0.4, -0.2) is 42.4 Å². The second kappa shape index (κ2) is 7.65. The molecule has 7 nitrogen and oxygen atoms in total. The number of esters is 1. The van der Waals surface area contributed by atoms with Crippen LogP contribution in [0.15, 0.2) is 26.9 Å². The molecular weight excluding hydrogens is 352 g/mol. The van der Waals surface area contributed by atoms with Gasteiger partial charge in [-0.3, -0.25) is 9.79 Å². The molecule has 0 atom stereocenters. The topological polar surface area (TPSA) is 85.7 Å². The van der Waals surface area contributed by atoms with E-state index < -0.39 is 0 Å². The highest BCUT2D eigenvalue weighted by atomic mass is 32.2. The number of ether oxygens (including phenoxy) is 2. The van der Waals surface area contributed by atoms with E-state index in [1.165, 1.54) is 13.4 Å². The van der Waals surface area contributed by atoms with E-state index in [1.807, 2.05) is 0 Å². The highest BCUT2D eigenvalue weighted by molar-refractivity contribution is 8.04. The van der Waals surface area contributed by atoms with Crippen molar-refractivity contribution in [1.29, 1.82) is 0 Å². The average molecular weight is 376 g/mol. The lowest BCUT2D eigenvalue weighted by Gasteiger charge is -2.36. The van der Waals surface area contributed by atoms with Gasteiger partial charge in [0.2, 0.25) is 5.88 Å². The third kappa shape index (κ3) is 4.00. The number of anilines is 1. The SMILES string of the molecule is COC(=O)CCCN=C1CC(C)(C)CC2=C1Sc1ncnc(OC)c1N2. The first-order valence-electron chi connectivity index (χ1n) is 8.61. The number of aromatic nitrogens is 2. The number of methoxy groups -OCH3 is 2. The van der Waals surface area contributed by atoms with Crippen LogP contribution in [0.25, 0.3) is 0 Å². The zero-order chi connectivity index (χ0) is 18.7. The van der Waals surface area contributed by atoms with Crippen molar-refractivity contribution in [1.82, 2.24) is 9.97 Å². The molecule has 0 amide bonds. The van der Waals surface area contributed by atoms with E-state index in [4.69, 9.17) is 9.73 Å². The fraction of sp³-hybridized carbons (Fsp3) is 0.556. The van der Waals surface area contributed by atoms with Crippen LogP contribution >= 0.6 is 11.8 Å². The lowest BCUT2D eigenvalue weighted by molar-refractivity contribution is -0.140. The molecule has 1 N–H and O–H groups in total. The second-order valence-electron chi connectivity index (χ2n) is 7.12. The first kappa shape index (κ1) is 18.7. The highest BCUT2D eigenvalue weighted by Gasteiger charge is 2.36. The summed E-state index contributed by atoms with van der Waals surface area (Å²) in [7, 11) is 3.02. The molecule has 140 valence electrons. The number of hydrogen-bond donors (Lipinski definition) is 1. The van der Waals surface area contributed by atoms with Crippen molar-refractivity contribution in [2.24, 2.45) is 10.4 Å². The van der Waals surface area contributed by atoms with Crippen LogP contribution in [0.5, 0.6) is 5.88 Å². The maximum absolute atomic E-state index is 11.3. The maximum Gasteiger partial charge on any atom is 0.305 e. The first-order valence-corrected chi connectivity index (χ1v) is 9.42. The van der Waals surface area contributed by atoms with Crippen molar-refractivity contribution < 1.29 is 14.3 Å². The number of hydrogen-bond acceptors (Lipinski definition) is 8. The fourth-order valence-electron chi connectivity index (χ4n) is 3.16. The van der Waals surface area contributed by atoms with E-state index in [2.05, 4.69) is 33.9 Å². The number of fused-ring (bicyclic) bond motifs is 1. The number of nitrogens with one attached hydrogen (secondary N) is 1. The molecule has 0 bridgehead atoms. The molecule has 0 unspecified atom stereocenters. The quantitative estimate of drug-likeness (QED) is 0.479. The molecule has 0 saturated carbocycles. The summed E-state index contributed by atoms with van der Waals surface area (Å²) in [5.74, 6) is 0.356. The summed E-state index contributed by atoms with van der Waals surface area (Å²) >= 11 is 1.61. The van der Waals surface area contributed by atoms with Crippen molar-refractivity contribution in [3.63, 3.8) is 0 Å². The largest absolute Gasteiger partial charge is 0.479 e. The minimum absolute atomic E-state index is 0.105. The summed E-state index contributed by atoms with van der Waals surface area (Å²) in [5.41, 5.74) is 3.13. The van der Waals surface area contributed by atoms with E-state index in [-0.39, 0.29) is 11.4 Å². The monoisotopic (exact) mass is 376 g/mol. The number of thioether (sulfide) groups is 1. The summed E-state index contributed by atoms with van der Waals surface area (Å²) < 4.78 is 10.0. The van der Waals surface area contributed by atoms with Gasteiger partial charge in [0.05, 0.1) is 24.8 Å². The Kier molecular flexibility index (Phi) is 5.50. The lowest BCUT2D eigenvalue weighted by Crippen LogP contribution is -2.29. The summed E-state index contributed by atoms with van der Waals surface area (Å²) in [6.45, 7) is 5.08. The molecule has 3 rings (SSSR count). The molecule has 1 aromatic rings. The lowest BCUT2D eigenvalue weighted by atomic mass is 9.78. The van der Waals surface area contributed by atoms with Gasteiger partial charge in [-0.2, -0.15) is 4.98 Å². The molecular formula is C18H24N4O3S. The van der Waals surface area contributed by atoms with E-state index >= 15 is 0 Å². The van der Waals surface area contributed by atoms with Gasteiger partial charge >= 0.3 is 5.97 Å². The van der Waals surface area contributed by atoms with Crippen LogP contribution in [0.1, 0.15) is 39.5 Å². The molecule has 0 fully saturated rings. The number of allylic oxidation sites excluding steroid dienone is 2. The van der Waals surface area contributed by atoms with Crippen molar-refractivity contribution in [2.75, 3.05) is 26.1 Å². The van der Waals surface area contributed by atoms with Crippen LogP contribution in [-0.2, 0) is 9.53 Å². The Balaban J connectivity index is 1.84. The zero-order valence-electron chi connectivity index (χ0n) is 15.6. The van der Waals surface area contributed by atoms with Crippen LogP contribution in [0, 0.1) is 5.41 Å². The normalized spacial score (nSPS) is 19.5. The molecule has 8 heteroatoms. The predicted molar refractivity (Wildman–Crippen MR) is 102 cm³/mol. The van der Waals surface area contributed by atoms with Gasteiger partial charge in [-0.15, -0.1) is 0 Å². The minimum atomic E-state index is -0.194. The number of aliphatic imine (C=N–C) groups is 1. The Morgan fingerprint density at radius 1 is 1.35 bits per heavy atom. The maximum atomic E-state index is 11.3. The van der Waals surface area contributed by atoms with Crippen molar-refractivity contribution in [3.05, 3.63) is 16.9 Å². The summed E-state index contributed by atoms with van der Waals surface area (Å²) in [4.78, 5) is 25.8. The second-order valence-corrected chi connectivity index (χ2v) is 8.12. The number of carbonyl (C=O) groups is 1. The van der Waals surface area contributed by atoms with E-state index in [0.29, 0.717) is 25.3 Å². The molecule has 1 aliphatic carbocycles. The Morgan fingerprint density at radius 2 is 2.15 bits per heavy atom. The summed E-state index contributed by atoms with van der Waals surface area (Å²) in [5, 5.41) is 4.32. The average Bonchev–Trinajstić information content (AvgIpc) is 2.62. The predicted octanol–water partition coefficient (Wildman–Crippen LogP) is 3.43. The Morgan fingerprint density at radius 3 is 2.88 bits per heavy atom. The van der Waals surface area contributed by atoms with Crippen molar-refractivity contribution >= 4 is 29.1 Å². The van der Waals surface area contributed by atoms with Gasteiger partial charge in [0.1, 0.15) is 17.0 Å². The zero-order valence-corrected chi connectivity index (χ0v) is 16.4. The smallest absolute Gasteiger partial charge is 0.305 e. The summed E-state index contributed by atoms with van der Waals surface area (Å²) in [6, 6.07) is 0. The standard InChI is InChI=1S/C18H24N4O3S/c1-18(2)8-11(19-7-5-6-13(23)24-3)15-12(9-18)22-14-16(25-4)20-10-21-17(14)26-15/h10,22H,5-9H2,1-4H3. The molecule has 2 aliphatic rings. The Hall–Kier alpha value is -2.09. The number of nitrogens with zero attached hydrogens (tertiary/aromatic N) is 3. The molecule has 0 saturated heterocycles. The van der Waals surface area contributed by atoms with Gasteiger partial charge in [0, 0.05) is 18.7 Å². The van der Waals surface area contributed by atoms with Gasteiger partial charge in [-0.1, -0.05) is 25.6 Å². The first-order chi connectivity index (χ1) is 12.4.